The summed E-state index contributed by atoms with van der Waals surface area (Å²) in [6, 6.07) is 7.95. The Morgan fingerprint density at radius 3 is 2.44 bits per heavy atom. The van der Waals surface area contributed by atoms with Crippen LogP contribution in [0.4, 0.5) is 5.69 Å². The van der Waals surface area contributed by atoms with Crippen LogP contribution in [-0.4, -0.2) is 26.2 Å². The largest absolute Gasteiger partial charge is 0.378 e. The second-order valence-corrected chi connectivity index (χ2v) is 4.88. The smallest absolute Gasteiger partial charge is 0.240 e. The van der Waals surface area contributed by atoms with Gasteiger partial charge in [-0.3, -0.25) is 4.79 Å². The summed E-state index contributed by atoms with van der Waals surface area (Å²) >= 11 is 0. The monoisotopic (exact) mass is 247 g/mol. The molecule has 1 aromatic carbocycles. The zero-order valence-corrected chi connectivity index (χ0v) is 11.5. The van der Waals surface area contributed by atoms with Crippen molar-refractivity contribution < 1.29 is 4.79 Å². The maximum atomic E-state index is 11.4. The fourth-order valence-electron chi connectivity index (χ4n) is 1.45. The van der Waals surface area contributed by atoms with E-state index in [1.165, 1.54) is 0 Å². The number of rotatable bonds is 5. The third kappa shape index (κ3) is 4.99. The Balaban J connectivity index is 2.49. The molecule has 0 spiro atoms. The summed E-state index contributed by atoms with van der Waals surface area (Å²) in [7, 11) is 3.99. The van der Waals surface area contributed by atoms with Crippen molar-refractivity contribution in [3.8, 4) is 0 Å². The van der Waals surface area contributed by atoms with E-state index in [0.717, 1.165) is 11.3 Å². The first-order valence-corrected chi connectivity index (χ1v) is 6.08. The van der Waals surface area contributed by atoms with Gasteiger partial charge in [0.1, 0.15) is 0 Å². The molecule has 0 saturated carbocycles. The van der Waals surface area contributed by atoms with Gasteiger partial charge < -0.3 is 4.90 Å². The summed E-state index contributed by atoms with van der Waals surface area (Å²) in [5.41, 5.74) is 4.62. The standard InChI is InChI=1S/C14H21N3O/c1-11(2)9-14(18)16-15-10-12-5-7-13(8-6-12)17(3)4/h5-8,10-11H,9H2,1-4H3,(H,16,18)/b15-10+. The lowest BCUT2D eigenvalue weighted by Gasteiger charge is -2.11. The van der Waals surface area contributed by atoms with Crippen LogP contribution in [0.2, 0.25) is 0 Å². The fourth-order valence-corrected chi connectivity index (χ4v) is 1.45. The van der Waals surface area contributed by atoms with Crippen LogP contribution >= 0.6 is 0 Å². The topological polar surface area (TPSA) is 44.7 Å². The second kappa shape index (κ2) is 6.79. The van der Waals surface area contributed by atoms with Crippen LogP contribution in [0.3, 0.4) is 0 Å². The van der Waals surface area contributed by atoms with E-state index in [1.54, 1.807) is 6.21 Å². The summed E-state index contributed by atoms with van der Waals surface area (Å²) in [5.74, 6) is 0.297. The van der Waals surface area contributed by atoms with Gasteiger partial charge in [-0.25, -0.2) is 5.43 Å². The predicted molar refractivity (Wildman–Crippen MR) is 76.0 cm³/mol. The average Bonchev–Trinajstić information content (AvgIpc) is 2.28. The first-order valence-electron chi connectivity index (χ1n) is 6.08. The van der Waals surface area contributed by atoms with Crippen LogP contribution in [0.5, 0.6) is 0 Å². The molecule has 1 N–H and O–H groups in total. The molecule has 0 saturated heterocycles. The molecule has 1 aromatic rings. The fraction of sp³-hybridized carbons (Fsp3) is 0.429. The minimum Gasteiger partial charge on any atom is -0.378 e. The van der Waals surface area contributed by atoms with Crippen LogP contribution in [0.15, 0.2) is 29.4 Å². The van der Waals surface area contributed by atoms with E-state index in [-0.39, 0.29) is 5.91 Å². The van der Waals surface area contributed by atoms with Crippen LogP contribution < -0.4 is 10.3 Å². The minimum atomic E-state index is -0.0499. The number of benzene rings is 1. The number of amides is 1. The van der Waals surface area contributed by atoms with E-state index in [1.807, 2.05) is 57.1 Å². The van der Waals surface area contributed by atoms with Crippen molar-refractivity contribution in [1.29, 1.82) is 0 Å². The highest BCUT2D eigenvalue weighted by Crippen LogP contribution is 2.10. The molecule has 0 aromatic heterocycles. The van der Waals surface area contributed by atoms with Crippen molar-refractivity contribution in [3.63, 3.8) is 0 Å². The van der Waals surface area contributed by atoms with Crippen molar-refractivity contribution in [2.45, 2.75) is 20.3 Å². The maximum absolute atomic E-state index is 11.4. The second-order valence-electron chi connectivity index (χ2n) is 4.88. The molecule has 0 heterocycles. The molecule has 0 atom stereocenters. The zero-order valence-electron chi connectivity index (χ0n) is 11.5. The van der Waals surface area contributed by atoms with Gasteiger partial charge in [-0.05, 0) is 23.6 Å². The number of anilines is 1. The first-order chi connectivity index (χ1) is 8.49. The third-order valence-corrected chi connectivity index (χ3v) is 2.41. The van der Waals surface area contributed by atoms with Crippen LogP contribution in [0.25, 0.3) is 0 Å². The van der Waals surface area contributed by atoms with E-state index in [9.17, 15) is 4.79 Å². The number of nitrogens with one attached hydrogen (secondary N) is 1. The van der Waals surface area contributed by atoms with Gasteiger partial charge in [0.25, 0.3) is 0 Å². The van der Waals surface area contributed by atoms with E-state index in [0.29, 0.717) is 12.3 Å². The number of nitrogens with zero attached hydrogens (tertiary/aromatic N) is 2. The molecule has 1 amide bonds. The summed E-state index contributed by atoms with van der Waals surface area (Å²) in [5, 5.41) is 3.93. The van der Waals surface area contributed by atoms with E-state index < -0.39 is 0 Å². The quantitative estimate of drug-likeness (QED) is 0.640. The van der Waals surface area contributed by atoms with Crippen molar-refractivity contribution in [2.24, 2.45) is 11.0 Å². The number of hydrogen-bond donors (Lipinski definition) is 1. The summed E-state index contributed by atoms with van der Waals surface area (Å²) < 4.78 is 0. The molecular formula is C14H21N3O. The number of carbonyl (C=O) groups is 1. The van der Waals surface area contributed by atoms with Gasteiger partial charge in [-0.15, -0.1) is 0 Å². The third-order valence-electron chi connectivity index (χ3n) is 2.41. The lowest BCUT2D eigenvalue weighted by molar-refractivity contribution is -0.121. The van der Waals surface area contributed by atoms with Crippen molar-refractivity contribution in [2.75, 3.05) is 19.0 Å². The highest BCUT2D eigenvalue weighted by atomic mass is 16.2. The number of hydrogen-bond acceptors (Lipinski definition) is 3. The summed E-state index contributed by atoms with van der Waals surface area (Å²) in [6.07, 6.45) is 2.15. The Morgan fingerprint density at radius 2 is 1.94 bits per heavy atom. The number of carbonyl (C=O) groups excluding carboxylic acids is 1. The summed E-state index contributed by atoms with van der Waals surface area (Å²) in [6.45, 7) is 4.01. The Labute approximate surface area is 109 Å². The molecule has 4 heteroatoms. The Bertz CT molecular complexity index is 408. The zero-order chi connectivity index (χ0) is 13.5. The molecule has 0 aliphatic carbocycles. The van der Waals surface area contributed by atoms with E-state index in [2.05, 4.69) is 10.5 Å². The Kier molecular flexibility index (Phi) is 5.36. The van der Waals surface area contributed by atoms with Crippen molar-refractivity contribution in [1.82, 2.24) is 5.43 Å². The summed E-state index contributed by atoms with van der Waals surface area (Å²) in [4.78, 5) is 13.4. The molecule has 0 aliphatic heterocycles. The van der Waals surface area contributed by atoms with Crippen LogP contribution in [0.1, 0.15) is 25.8 Å². The van der Waals surface area contributed by atoms with Gasteiger partial charge in [-0.2, -0.15) is 5.10 Å². The van der Waals surface area contributed by atoms with Crippen LogP contribution in [-0.2, 0) is 4.79 Å². The van der Waals surface area contributed by atoms with Gasteiger partial charge >= 0.3 is 0 Å². The van der Waals surface area contributed by atoms with E-state index >= 15 is 0 Å². The van der Waals surface area contributed by atoms with Gasteiger partial charge in [0, 0.05) is 26.2 Å². The molecule has 4 nitrogen and oxygen atoms in total. The van der Waals surface area contributed by atoms with Gasteiger partial charge in [0.05, 0.1) is 6.21 Å². The maximum Gasteiger partial charge on any atom is 0.240 e. The molecule has 1 rings (SSSR count). The Morgan fingerprint density at radius 1 is 1.33 bits per heavy atom. The lowest BCUT2D eigenvalue weighted by Crippen LogP contribution is -2.19. The van der Waals surface area contributed by atoms with Crippen molar-refractivity contribution >= 4 is 17.8 Å². The molecular weight excluding hydrogens is 226 g/mol. The van der Waals surface area contributed by atoms with Gasteiger partial charge in [0.15, 0.2) is 0 Å². The minimum absolute atomic E-state index is 0.0499. The SMILES string of the molecule is CC(C)CC(=O)N/N=C/c1ccc(N(C)C)cc1. The Hall–Kier alpha value is -1.84. The molecule has 98 valence electrons. The number of hydrazone groups is 1. The molecule has 18 heavy (non-hydrogen) atoms. The van der Waals surface area contributed by atoms with Gasteiger partial charge in [-0.1, -0.05) is 26.0 Å². The van der Waals surface area contributed by atoms with Gasteiger partial charge in [0.2, 0.25) is 5.91 Å². The van der Waals surface area contributed by atoms with Crippen molar-refractivity contribution in [3.05, 3.63) is 29.8 Å². The molecule has 0 radical (unpaired) electrons. The molecule has 0 unspecified atom stereocenters. The van der Waals surface area contributed by atoms with E-state index in [4.69, 9.17) is 0 Å². The first kappa shape index (κ1) is 14.2. The highest BCUT2D eigenvalue weighted by molar-refractivity contribution is 5.82. The van der Waals surface area contributed by atoms with Crippen LogP contribution in [0, 0.1) is 5.92 Å². The predicted octanol–water partition coefficient (Wildman–Crippen LogP) is 2.25. The average molecular weight is 247 g/mol. The molecule has 0 fully saturated rings. The highest BCUT2D eigenvalue weighted by Gasteiger charge is 2.02. The molecule has 0 bridgehead atoms. The molecule has 0 aliphatic rings. The lowest BCUT2D eigenvalue weighted by atomic mass is 10.1. The normalized spacial score (nSPS) is 10.9.